The fourth-order valence-electron chi connectivity index (χ4n) is 1.46. The highest BCUT2D eigenvalue weighted by Gasteiger charge is 2.10. The van der Waals surface area contributed by atoms with Crippen LogP contribution in [0, 0.1) is 11.3 Å². The molecule has 1 amide bonds. The van der Waals surface area contributed by atoms with E-state index in [0.717, 1.165) is 13.1 Å². The molecule has 0 aliphatic rings. The van der Waals surface area contributed by atoms with Gasteiger partial charge in [0, 0.05) is 15.0 Å². The van der Waals surface area contributed by atoms with Gasteiger partial charge in [-0.2, -0.15) is 5.26 Å². The topological polar surface area (TPSA) is 52.9 Å². The van der Waals surface area contributed by atoms with Crippen LogP contribution in [-0.4, -0.2) is 5.91 Å². The molecule has 1 aromatic heterocycles. The van der Waals surface area contributed by atoms with E-state index >= 15 is 0 Å². The Balaban J connectivity index is 2.18. The number of nitriles is 1. The lowest BCUT2D eigenvalue weighted by molar-refractivity contribution is -0.112. The zero-order valence-corrected chi connectivity index (χ0v) is 14.0. The second-order valence-corrected chi connectivity index (χ2v) is 7.19. The third-order valence-corrected chi connectivity index (χ3v) is 4.39. The summed E-state index contributed by atoms with van der Waals surface area (Å²) in [6.45, 7) is 0. The largest absolute Gasteiger partial charge is 0.321 e. The average Bonchev–Trinajstić information content (AvgIpc) is 2.81. The van der Waals surface area contributed by atoms with Gasteiger partial charge in [-0.15, -0.1) is 11.3 Å². The average molecular weight is 412 g/mol. The Kier molecular flexibility index (Phi) is 5.12. The third-order valence-electron chi connectivity index (χ3n) is 2.33. The van der Waals surface area contributed by atoms with E-state index in [1.807, 2.05) is 30.3 Å². The monoisotopic (exact) mass is 410 g/mol. The Morgan fingerprint density at radius 1 is 1.30 bits per heavy atom. The van der Waals surface area contributed by atoms with Crippen molar-refractivity contribution in [1.82, 2.24) is 0 Å². The van der Waals surface area contributed by atoms with Crippen LogP contribution in [-0.2, 0) is 4.79 Å². The number of rotatable bonds is 3. The first kappa shape index (κ1) is 15.0. The van der Waals surface area contributed by atoms with Crippen LogP contribution in [0.15, 0.2) is 50.2 Å². The van der Waals surface area contributed by atoms with E-state index in [4.69, 9.17) is 5.26 Å². The summed E-state index contributed by atoms with van der Waals surface area (Å²) in [5.41, 5.74) is 0.706. The molecule has 1 N–H and O–H groups in total. The van der Waals surface area contributed by atoms with Crippen LogP contribution < -0.4 is 5.32 Å². The number of anilines is 1. The number of nitrogens with one attached hydrogen (secondary N) is 1. The Hall–Kier alpha value is -1.42. The van der Waals surface area contributed by atoms with Crippen LogP contribution >= 0.6 is 43.2 Å². The van der Waals surface area contributed by atoms with Gasteiger partial charge >= 0.3 is 0 Å². The van der Waals surface area contributed by atoms with Crippen molar-refractivity contribution in [1.29, 1.82) is 5.26 Å². The van der Waals surface area contributed by atoms with Crippen molar-refractivity contribution in [2.45, 2.75) is 0 Å². The number of carbonyl (C=O) groups is 1. The van der Waals surface area contributed by atoms with Gasteiger partial charge in [-0.05, 0) is 52.3 Å². The summed E-state index contributed by atoms with van der Waals surface area (Å²) in [4.78, 5) is 12.9. The molecule has 0 unspecified atom stereocenters. The molecule has 20 heavy (non-hydrogen) atoms. The summed E-state index contributed by atoms with van der Waals surface area (Å²) < 4.78 is 1.81. The van der Waals surface area contributed by atoms with Crippen molar-refractivity contribution in [3.05, 3.63) is 55.1 Å². The fraction of sp³-hybridized carbons (Fsp3) is 0. The molecule has 0 bridgehead atoms. The van der Waals surface area contributed by atoms with E-state index in [1.54, 1.807) is 18.2 Å². The number of carbonyl (C=O) groups excluding carboxylic acids is 1. The molecule has 0 spiro atoms. The van der Waals surface area contributed by atoms with E-state index in [9.17, 15) is 4.79 Å². The number of halogens is 2. The quantitative estimate of drug-likeness (QED) is 0.581. The molecule has 0 radical (unpaired) electrons. The van der Waals surface area contributed by atoms with E-state index in [2.05, 4.69) is 37.2 Å². The first-order chi connectivity index (χ1) is 9.58. The number of nitrogens with zero attached hydrogens (tertiary/aromatic N) is 1. The molecule has 0 aliphatic heterocycles. The molecule has 0 saturated heterocycles. The maximum atomic E-state index is 12.0. The Morgan fingerprint density at radius 3 is 2.70 bits per heavy atom. The zero-order chi connectivity index (χ0) is 14.5. The van der Waals surface area contributed by atoms with Crippen LogP contribution in [0.2, 0.25) is 0 Å². The molecule has 0 aliphatic carbocycles. The fourth-order valence-corrected chi connectivity index (χ4v) is 3.23. The molecule has 100 valence electrons. The zero-order valence-electron chi connectivity index (χ0n) is 10.1. The summed E-state index contributed by atoms with van der Waals surface area (Å²) in [5.74, 6) is -0.421. The molecule has 0 saturated carbocycles. The Bertz CT molecular complexity index is 716. The molecule has 1 heterocycles. The summed E-state index contributed by atoms with van der Waals surface area (Å²) >= 11 is 8.13. The lowest BCUT2D eigenvalue weighted by Gasteiger charge is -2.04. The van der Waals surface area contributed by atoms with Gasteiger partial charge in [-0.1, -0.05) is 22.0 Å². The van der Waals surface area contributed by atoms with E-state index in [0.29, 0.717) is 5.69 Å². The van der Waals surface area contributed by atoms with Gasteiger partial charge in [-0.3, -0.25) is 4.79 Å². The van der Waals surface area contributed by atoms with Crippen molar-refractivity contribution in [3.63, 3.8) is 0 Å². The highest BCUT2D eigenvalue weighted by atomic mass is 79.9. The second-order valence-electron chi connectivity index (χ2n) is 3.78. The van der Waals surface area contributed by atoms with Crippen LogP contribution in [0.4, 0.5) is 5.69 Å². The molecule has 6 heteroatoms. The molecule has 3 nitrogen and oxygen atoms in total. The van der Waals surface area contributed by atoms with Gasteiger partial charge in [0.15, 0.2) is 0 Å². The minimum Gasteiger partial charge on any atom is -0.321 e. The first-order valence-corrected chi connectivity index (χ1v) is 7.93. The Morgan fingerprint density at radius 2 is 2.10 bits per heavy atom. The first-order valence-electron chi connectivity index (χ1n) is 5.52. The predicted molar refractivity (Wildman–Crippen MR) is 88.4 cm³/mol. The summed E-state index contributed by atoms with van der Waals surface area (Å²) in [5, 5.41) is 11.8. The van der Waals surface area contributed by atoms with Crippen LogP contribution in [0.5, 0.6) is 0 Å². The van der Waals surface area contributed by atoms with Crippen molar-refractivity contribution in [2.24, 2.45) is 0 Å². The highest BCUT2D eigenvalue weighted by Crippen LogP contribution is 2.24. The van der Waals surface area contributed by atoms with E-state index < -0.39 is 5.91 Å². The van der Waals surface area contributed by atoms with Crippen LogP contribution in [0.3, 0.4) is 0 Å². The maximum Gasteiger partial charge on any atom is 0.266 e. The Labute approximate surface area is 137 Å². The van der Waals surface area contributed by atoms with Gasteiger partial charge in [0.1, 0.15) is 11.6 Å². The number of benzene rings is 1. The molecule has 0 fully saturated rings. The van der Waals surface area contributed by atoms with E-state index in [1.165, 1.54) is 11.3 Å². The predicted octanol–water partition coefficient (Wildman–Crippen LogP) is 4.82. The number of hydrogen-bond acceptors (Lipinski definition) is 3. The molecule has 2 rings (SSSR count). The molecule has 1 aromatic carbocycles. The molecular weight excluding hydrogens is 404 g/mol. The number of amides is 1. The van der Waals surface area contributed by atoms with Crippen molar-refractivity contribution in [2.75, 3.05) is 5.32 Å². The minimum atomic E-state index is -0.421. The van der Waals surface area contributed by atoms with Gasteiger partial charge in [0.2, 0.25) is 0 Å². The number of hydrogen-bond donors (Lipinski definition) is 1. The van der Waals surface area contributed by atoms with E-state index in [-0.39, 0.29) is 5.57 Å². The normalized spacial score (nSPS) is 10.9. The number of thiophene rings is 1. The highest BCUT2D eigenvalue weighted by molar-refractivity contribution is 9.11. The summed E-state index contributed by atoms with van der Waals surface area (Å²) in [6, 6.07) is 12.8. The van der Waals surface area contributed by atoms with Gasteiger partial charge < -0.3 is 5.32 Å². The lowest BCUT2D eigenvalue weighted by Crippen LogP contribution is -2.13. The standard InChI is InChI=1S/C14H8Br2N2OS/c15-10-2-1-3-11(7-10)18-14(19)9(8-17)6-12-4-5-13(16)20-12/h1-7H,(H,18,19)/b9-6-. The lowest BCUT2D eigenvalue weighted by atomic mass is 10.2. The second kappa shape index (κ2) is 6.84. The SMILES string of the molecule is N#C/C(=C/c1ccc(Br)s1)C(=O)Nc1cccc(Br)c1. The minimum absolute atomic E-state index is 0.0688. The van der Waals surface area contributed by atoms with Crippen molar-refractivity contribution < 1.29 is 4.79 Å². The summed E-state index contributed by atoms with van der Waals surface area (Å²) in [7, 11) is 0. The van der Waals surface area contributed by atoms with Crippen LogP contribution in [0.1, 0.15) is 4.88 Å². The van der Waals surface area contributed by atoms with Gasteiger partial charge in [-0.25, -0.2) is 0 Å². The smallest absolute Gasteiger partial charge is 0.266 e. The van der Waals surface area contributed by atoms with Crippen molar-refractivity contribution in [3.8, 4) is 6.07 Å². The van der Waals surface area contributed by atoms with Crippen LogP contribution in [0.25, 0.3) is 6.08 Å². The third kappa shape index (κ3) is 4.04. The maximum absolute atomic E-state index is 12.0. The molecule has 2 aromatic rings. The summed E-state index contributed by atoms with van der Waals surface area (Å²) in [6.07, 6.45) is 1.57. The van der Waals surface area contributed by atoms with Crippen molar-refractivity contribution >= 4 is 60.9 Å². The van der Waals surface area contributed by atoms with Gasteiger partial charge in [0.05, 0.1) is 3.79 Å². The molecular formula is C14H8Br2N2OS. The van der Waals surface area contributed by atoms with Gasteiger partial charge in [0.25, 0.3) is 5.91 Å². The molecule has 0 atom stereocenters.